The van der Waals surface area contributed by atoms with Gasteiger partial charge in [-0.05, 0) is 19.4 Å². The van der Waals surface area contributed by atoms with Gasteiger partial charge < -0.3 is 19.3 Å². The van der Waals surface area contributed by atoms with Crippen LogP contribution in [0.25, 0.3) is 0 Å². The summed E-state index contributed by atoms with van der Waals surface area (Å²) in [5.41, 5.74) is -0.355. The number of carbonyl (C=O) groups is 3. The van der Waals surface area contributed by atoms with E-state index in [-0.39, 0.29) is 17.3 Å². The summed E-state index contributed by atoms with van der Waals surface area (Å²) in [6.07, 6.45) is -1.15. The maximum atomic E-state index is 12.5. The van der Waals surface area contributed by atoms with Crippen molar-refractivity contribution in [2.24, 2.45) is 17.3 Å². The Labute approximate surface area is 157 Å². The number of epoxide rings is 1. The minimum Gasteiger partial charge on any atom is -0.454 e. The predicted molar refractivity (Wildman–Crippen MR) is 94.4 cm³/mol. The highest BCUT2D eigenvalue weighted by Gasteiger charge is 2.68. The molecule has 1 N–H and O–H groups in total. The zero-order chi connectivity index (χ0) is 20.1. The second kappa shape index (κ2) is 6.73. The largest absolute Gasteiger partial charge is 0.454 e. The smallest absolute Gasteiger partial charge is 0.334 e. The first-order chi connectivity index (χ1) is 12.7. The number of ether oxygens (including phenoxy) is 3. The Hall–Kier alpha value is -2.25. The van der Waals surface area contributed by atoms with E-state index in [1.54, 1.807) is 26.8 Å². The Balaban J connectivity index is 2.11. The fourth-order valence-corrected chi connectivity index (χ4v) is 4.37. The summed E-state index contributed by atoms with van der Waals surface area (Å²) >= 11 is 0. The van der Waals surface area contributed by atoms with Crippen molar-refractivity contribution in [1.29, 1.82) is 0 Å². The average molecular weight is 376 g/mol. The maximum Gasteiger partial charge on any atom is 0.334 e. The van der Waals surface area contributed by atoms with Gasteiger partial charge in [-0.25, -0.2) is 9.59 Å². The number of fused-ring (bicyclic) bond motifs is 1. The Morgan fingerprint density at radius 1 is 1.44 bits per heavy atom. The standard InChI is InChI=1S/C20H24O7/c1-6-9(2)18(23)27-17-16-13(11(4)19(24)26-16)15(22)14(10(3)7-21)20(17,5)12-8-25-12/h6-7,12-17,22H,3-4,8H2,1-2,5H3. The average Bonchev–Trinajstić information content (AvgIpc) is 3.44. The molecule has 0 spiro atoms. The van der Waals surface area contributed by atoms with Crippen molar-refractivity contribution in [3.8, 4) is 0 Å². The molecule has 0 bridgehead atoms. The van der Waals surface area contributed by atoms with E-state index in [0.29, 0.717) is 18.5 Å². The number of aliphatic hydroxyl groups is 1. The lowest BCUT2D eigenvalue weighted by Gasteiger charge is -2.52. The van der Waals surface area contributed by atoms with Gasteiger partial charge in [0.05, 0.1) is 24.7 Å². The molecule has 2 aliphatic heterocycles. The molecule has 3 aliphatic rings. The molecule has 27 heavy (non-hydrogen) atoms. The first kappa shape index (κ1) is 19.5. The predicted octanol–water partition coefficient (Wildman–Crippen LogP) is 1.11. The summed E-state index contributed by atoms with van der Waals surface area (Å²) < 4.78 is 16.7. The van der Waals surface area contributed by atoms with Gasteiger partial charge in [0.2, 0.25) is 0 Å². The van der Waals surface area contributed by atoms with Crippen molar-refractivity contribution in [2.75, 3.05) is 6.61 Å². The molecule has 0 radical (unpaired) electrons. The topological polar surface area (TPSA) is 102 Å². The van der Waals surface area contributed by atoms with Crippen LogP contribution >= 0.6 is 0 Å². The van der Waals surface area contributed by atoms with E-state index in [4.69, 9.17) is 14.2 Å². The van der Waals surface area contributed by atoms with Crippen LogP contribution in [0.4, 0.5) is 0 Å². The van der Waals surface area contributed by atoms with Crippen LogP contribution in [0.15, 0.2) is 36.0 Å². The van der Waals surface area contributed by atoms with E-state index in [2.05, 4.69) is 13.2 Å². The van der Waals surface area contributed by atoms with Gasteiger partial charge in [-0.2, -0.15) is 0 Å². The molecular formula is C20H24O7. The number of hydrogen-bond acceptors (Lipinski definition) is 7. The molecule has 7 heteroatoms. The maximum absolute atomic E-state index is 12.5. The minimum atomic E-state index is -1.14. The summed E-state index contributed by atoms with van der Waals surface area (Å²) in [6, 6.07) is 0. The lowest BCUT2D eigenvalue weighted by Crippen LogP contribution is -2.63. The van der Waals surface area contributed by atoms with Gasteiger partial charge in [-0.1, -0.05) is 26.2 Å². The van der Waals surface area contributed by atoms with E-state index in [1.807, 2.05) is 0 Å². The Morgan fingerprint density at radius 3 is 2.59 bits per heavy atom. The number of rotatable bonds is 5. The third-order valence-corrected chi connectivity index (χ3v) is 6.12. The van der Waals surface area contributed by atoms with Gasteiger partial charge in [-0.3, -0.25) is 4.79 Å². The lowest BCUT2D eigenvalue weighted by molar-refractivity contribution is -0.202. The molecule has 146 valence electrons. The second-order valence-electron chi connectivity index (χ2n) is 7.57. The van der Waals surface area contributed by atoms with Crippen LogP contribution < -0.4 is 0 Å². The Morgan fingerprint density at radius 2 is 2.07 bits per heavy atom. The fraction of sp³-hybridized carbons (Fsp3) is 0.550. The van der Waals surface area contributed by atoms with E-state index in [0.717, 1.165) is 0 Å². The number of aliphatic hydroxyl groups excluding tert-OH is 1. The van der Waals surface area contributed by atoms with Crippen LogP contribution in [0.1, 0.15) is 20.8 Å². The number of allylic oxidation sites excluding steroid dienone is 1. The van der Waals surface area contributed by atoms with Gasteiger partial charge in [-0.15, -0.1) is 0 Å². The van der Waals surface area contributed by atoms with Crippen LogP contribution in [0.3, 0.4) is 0 Å². The highest BCUT2D eigenvalue weighted by molar-refractivity contribution is 5.92. The molecule has 3 fully saturated rings. The number of aldehydes is 1. The van der Waals surface area contributed by atoms with E-state index in [9.17, 15) is 19.5 Å². The van der Waals surface area contributed by atoms with E-state index < -0.39 is 47.5 Å². The van der Waals surface area contributed by atoms with Crippen molar-refractivity contribution < 1.29 is 33.7 Å². The third-order valence-electron chi connectivity index (χ3n) is 6.12. The number of esters is 2. The van der Waals surface area contributed by atoms with Gasteiger partial charge in [0.15, 0.2) is 0 Å². The van der Waals surface area contributed by atoms with Crippen molar-refractivity contribution in [3.63, 3.8) is 0 Å². The number of hydrogen-bond donors (Lipinski definition) is 1. The quantitative estimate of drug-likeness (QED) is 0.332. The highest BCUT2D eigenvalue weighted by atomic mass is 16.6. The summed E-state index contributed by atoms with van der Waals surface area (Å²) in [5, 5.41) is 11.0. The molecule has 1 saturated carbocycles. The van der Waals surface area contributed by atoms with Crippen molar-refractivity contribution in [2.45, 2.75) is 45.2 Å². The zero-order valence-corrected chi connectivity index (χ0v) is 15.6. The van der Waals surface area contributed by atoms with Gasteiger partial charge >= 0.3 is 11.9 Å². The summed E-state index contributed by atoms with van der Waals surface area (Å²) in [4.78, 5) is 36.2. The third kappa shape index (κ3) is 2.85. The first-order valence-electron chi connectivity index (χ1n) is 8.85. The normalized spacial score (nSPS) is 40.8. The van der Waals surface area contributed by atoms with Gasteiger partial charge in [0.1, 0.15) is 18.5 Å². The van der Waals surface area contributed by atoms with Crippen LogP contribution in [0.2, 0.25) is 0 Å². The van der Waals surface area contributed by atoms with Crippen LogP contribution in [0.5, 0.6) is 0 Å². The zero-order valence-electron chi connectivity index (χ0n) is 15.6. The molecular weight excluding hydrogens is 352 g/mol. The SMILES string of the molecule is C=C1C(=O)OC2C1C(O)C(C(=C)C=O)C(C)(C1CO1)C2OC(=O)C(C)=CC. The van der Waals surface area contributed by atoms with E-state index >= 15 is 0 Å². The van der Waals surface area contributed by atoms with Crippen molar-refractivity contribution >= 4 is 18.2 Å². The summed E-state index contributed by atoms with van der Waals surface area (Å²) in [7, 11) is 0. The lowest BCUT2D eigenvalue weighted by atomic mass is 9.56. The second-order valence-corrected chi connectivity index (χ2v) is 7.57. The Kier molecular flexibility index (Phi) is 4.86. The highest BCUT2D eigenvalue weighted by Crippen LogP contribution is 2.57. The molecule has 2 saturated heterocycles. The fourth-order valence-electron chi connectivity index (χ4n) is 4.37. The molecule has 2 heterocycles. The van der Waals surface area contributed by atoms with Crippen LogP contribution in [0, 0.1) is 17.3 Å². The minimum absolute atomic E-state index is 0.0961. The molecule has 0 aromatic rings. The first-order valence-corrected chi connectivity index (χ1v) is 8.85. The monoisotopic (exact) mass is 376 g/mol. The summed E-state index contributed by atoms with van der Waals surface area (Å²) in [5.74, 6) is -2.79. The molecule has 0 amide bonds. The molecule has 7 nitrogen and oxygen atoms in total. The molecule has 0 aromatic heterocycles. The number of carbonyl (C=O) groups excluding carboxylic acids is 3. The molecule has 0 aromatic carbocycles. The Bertz CT molecular complexity index is 747. The van der Waals surface area contributed by atoms with Crippen molar-refractivity contribution in [3.05, 3.63) is 36.0 Å². The molecule has 7 unspecified atom stereocenters. The van der Waals surface area contributed by atoms with Crippen molar-refractivity contribution in [1.82, 2.24) is 0 Å². The molecule has 1 aliphatic carbocycles. The van der Waals surface area contributed by atoms with Gasteiger partial charge in [0.25, 0.3) is 0 Å². The summed E-state index contributed by atoms with van der Waals surface area (Å²) in [6.45, 7) is 13.0. The molecule has 7 atom stereocenters. The van der Waals surface area contributed by atoms with E-state index in [1.165, 1.54) is 0 Å². The van der Waals surface area contributed by atoms with Gasteiger partial charge in [0, 0.05) is 22.5 Å². The van der Waals surface area contributed by atoms with Crippen LogP contribution in [-0.4, -0.2) is 54.4 Å². The van der Waals surface area contributed by atoms with Crippen LogP contribution in [-0.2, 0) is 28.6 Å². The molecule has 3 rings (SSSR count).